The lowest BCUT2D eigenvalue weighted by atomic mass is 10.0. The summed E-state index contributed by atoms with van der Waals surface area (Å²) in [6, 6.07) is 15.3. The fourth-order valence-corrected chi connectivity index (χ4v) is 4.42. The molecule has 180 valence electrons. The lowest BCUT2D eigenvalue weighted by Gasteiger charge is -2.35. The Labute approximate surface area is 200 Å². The fraction of sp³-hybridized carbons (Fsp3) is 0.423. The van der Waals surface area contributed by atoms with Crippen molar-refractivity contribution in [3.05, 3.63) is 59.7 Å². The molecule has 0 bridgehead atoms. The number of hydrogen-bond acceptors (Lipinski definition) is 5. The normalized spacial score (nSPS) is 17.8. The molecule has 0 spiro atoms. The van der Waals surface area contributed by atoms with Crippen LogP contribution >= 0.6 is 0 Å². The first-order valence-electron chi connectivity index (χ1n) is 11.9. The van der Waals surface area contributed by atoms with Crippen LogP contribution in [-0.2, 0) is 19.1 Å². The quantitative estimate of drug-likeness (QED) is 0.642. The standard InChI is InChI=1S/C26H32N4O4/c1-19-8-10-20(11-9-19)23(29-13-15-34-16-14-29)18-27-25(32)26(33)28-21-5-4-6-22(17-21)30-12-3-2-7-24(30)31/h4-6,8-11,17,23H,2-3,7,12-16,18H2,1H3,(H,27,32)(H,28,33). The number of amides is 3. The Morgan fingerprint density at radius 2 is 1.76 bits per heavy atom. The third-order valence-corrected chi connectivity index (χ3v) is 6.35. The Balaban J connectivity index is 1.38. The zero-order valence-corrected chi connectivity index (χ0v) is 19.6. The molecule has 0 saturated carbocycles. The minimum absolute atomic E-state index is 0.0466. The number of rotatable bonds is 6. The summed E-state index contributed by atoms with van der Waals surface area (Å²) in [6.07, 6.45) is 2.39. The minimum Gasteiger partial charge on any atom is -0.379 e. The van der Waals surface area contributed by atoms with Crippen LogP contribution in [0.5, 0.6) is 0 Å². The van der Waals surface area contributed by atoms with Crippen molar-refractivity contribution >= 4 is 29.1 Å². The highest BCUT2D eigenvalue weighted by atomic mass is 16.5. The molecule has 3 amide bonds. The highest BCUT2D eigenvalue weighted by molar-refractivity contribution is 6.39. The smallest absolute Gasteiger partial charge is 0.313 e. The molecule has 1 atom stereocenters. The summed E-state index contributed by atoms with van der Waals surface area (Å²) in [5.41, 5.74) is 3.47. The van der Waals surface area contributed by atoms with Gasteiger partial charge >= 0.3 is 11.8 Å². The molecule has 4 rings (SSSR count). The molecule has 2 saturated heterocycles. The highest BCUT2D eigenvalue weighted by Gasteiger charge is 2.25. The topological polar surface area (TPSA) is 91.0 Å². The van der Waals surface area contributed by atoms with Gasteiger partial charge in [0.05, 0.1) is 19.3 Å². The maximum absolute atomic E-state index is 12.6. The van der Waals surface area contributed by atoms with Crippen LogP contribution < -0.4 is 15.5 Å². The van der Waals surface area contributed by atoms with Crippen molar-refractivity contribution in [2.24, 2.45) is 0 Å². The third-order valence-electron chi connectivity index (χ3n) is 6.35. The fourth-order valence-electron chi connectivity index (χ4n) is 4.42. The molecular formula is C26H32N4O4. The van der Waals surface area contributed by atoms with Crippen LogP contribution in [0.1, 0.15) is 36.4 Å². The van der Waals surface area contributed by atoms with Gasteiger partial charge in [0.15, 0.2) is 0 Å². The molecule has 8 nitrogen and oxygen atoms in total. The van der Waals surface area contributed by atoms with Crippen molar-refractivity contribution in [3.8, 4) is 0 Å². The Bertz CT molecular complexity index is 1020. The lowest BCUT2D eigenvalue weighted by molar-refractivity contribution is -0.136. The first kappa shape index (κ1) is 23.9. The number of piperidine rings is 1. The van der Waals surface area contributed by atoms with E-state index >= 15 is 0 Å². The lowest BCUT2D eigenvalue weighted by Crippen LogP contribution is -2.45. The van der Waals surface area contributed by atoms with Crippen molar-refractivity contribution in [2.75, 3.05) is 49.6 Å². The molecule has 34 heavy (non-hydrogen) atoms. The highest BCUT2D eigenvalue weighted by Crippen LogP contribution is 2.24. The summed E-state index contributed by atoms with van der Waals surface area (Å²) in [4.78, 5) is 41.4. The SMILES string of the molecule is Cc1ccc(C(CNC(=O)C(=O)Nc2cccc(N3CCCCC3=O)c2)N2CCOCC2)cc1. The minimum atomic E-state index is -0.730. The number of aryl methyl sites for hydroxylation is 1. The molecule has 2 aliphatic rings. The van der Waals surface area contributed by atoms with Crippen LogP contribution in [0.15, 0.2) is 48.5 Å². The van der Waals surface area contributed by atoms with E-state index in [4.69, 9.17) is 4.74 Å². The maximum atomic E-state index is 12.6. The number of morpholine rings is 1. The summed E-state index contributed by atoms with van der Waals surface area (Å²) in [5.74, 6) is -1.34. The molecule has 2 aromatic carbocycles. The largest absolute Gasteiger partial charge is 0.379 e. The summed E-state index contributed by atoms with van der Waals surface area (Å²) >= 11 is 0. The monoisotopic (exact) mass is 464 g/mol. The Morgan fingerprint density at radius 3 is 2.50 bits per heavy atom. The molecule has 0 radical (unpaired) electrons. The first-order valence-corrected chi connectivity index (χ1v) is 11.9. The van der Waals surface area contributed by atoms with Crippen LogP contribution in [0.2, 0.25) is 0 Å². The number of carbonyl (C=O) groups excluding carboxylic acids is 3. The van der Waals surface area contributed by atoms with E-state index < -0.39 is 11.8 Å². The van der Waals surface area contributed by atoms with E-state index in [1.807, 2.05) is 13.0 Å². The van der Waals surface area contributed by atoms with Crippen molar-refractivity contribution in [3.63, 3.8) is 0 Å². The molecule has 2 N–H and O–H groups in total. The molecule has 0 aliphatic carbocycles. The van der Waals surface area contributed by atoms with Gasteiger partial charge in [-0.2, -0.15) is 0 Å². The number of nitrogens with zero attached hydrogens (tertiary/aromatic N) is 2. The number of anilines is 2. The average molecular weight is 465 g/mol. The third kappa shape index (κ3) is 6.01. The van der Waals surface area contributed by atoms with Crippen LogP contribution in [0.3, 0.4) is 0 Å². The molecule has 8 heteroatoms. The molecular weight excluding hydrogens is 432 g/mol. The Morgan fingerprint density at radius 1 is 1.00 bits per heavy atom. The zero-order chi connectivity index (χ0) is 23.9. The van der Waals surface area contributed by atoms with Gasteiger partial charge in [0.2, 0.25) is 5.91 Å². The molecule has 2 fully saturated rings. The summed E-state index contributed by atoms with van der Waals surface area (Å²) in [6.45, 7) is 5.84. The van der Waals surface area contributed by atoms with Gasteiger partial charge in [-0.15, -0.1) is 0 Å². The van der Waals surface area contributed by atoms with Gasteiger partial charge in [0.25, 0.3) is 0 Å². The molecule has 2 aliphatic heterocycles. The summed E-state index contributed by atoms with van der Waals surface area (Å²) in [7, 11) is 0. The molecule has 2 heterocycles. The summed E-state index contributed by atoms with van der Waals surface area (Å²) < 4.78 is 5.48. The van der Waals surface area contributed by atoms with E-state index in [9.17, 15) is 14.4 Å². The first-order chi connectivity index (χ1) is 16.5. The second-order valence-corrected chi connectivity index (χ2v) is 8.79. The van der Waals surface area contributed by atoms with Crippen LogP contribution in [0, 0.1) is 6.92 Å². The van der Waals surface area contributed by atoms with E-state index in [0.717, 1.165) is 37.2 Å². The molecule has 2 aromatic rings. The number of hydrogen-bond donors (Lipinski definition) is 2. The predicted molar refractivity (Wildman–Crippen MR) is 131 cm³/mol. The second-order valence-electron chi connectivity index (χ2n) is 8.79. The zero-order valence-electron chi connectivity index (χ0n) is 19.6. The van der Waals surface area contributed by atoms with Crippen molar-refractivity contribution in [1.82, 2.24) is 10.2 Å². The van der Waals surface area contributed by atoms with Crippen LogP contribution in [0.4, 0.5) is 11.4 Å². The van der Waals surface area contributed by atoms with Gasteiger partial charge in [-0.05, 0) is 43.5 Å². The van der Waals surface area contributed by atoms with Gasteiger partial charge in [-0.3, -0.25) is 19.3 Å². The van der Waals surface area contributed by atoms with Crippen LogP contribution in [0.25, 0.3) is 0 Å². The van der Waals surface area contributed by atoms with E-state index in [2.05, 4.69) is 39.8 Å². The van der Waals surface area contributed by atoms with Crippen LogP contribution in [-0.4, -0.2) is 62.0 Å². The average Bonchev–Trinajstić information content (AvgIpc) is 2.86. The Hall–Kier alpha value is -3.23. The van der Waals surface area contributed by atoms with Gasteiger partial charge in [-0.1, -0.05) is 35.9 Å². The number of carbonyl (C=O) groups is 3. The second kappa shape index (κ2) is 11.3. The van der Waals surface area contributed by atoms with Gasteiger partial charge in [0.1, 0.15) is 0 Å². The predicted octanol–water partition coefficient (Wildman–Crippen LogP) is 2.64. The Kier molecular flexibility index (Phi) is 7.92. The van der Waals surface area contributed by atoms with Gasteiger partial charge in [-0.25, -0.2) is 0 Å². The van der Waals surface area contributed by atoms with Crippen molar-refractivity contribution in [2.45, 2.75) is 32.2 Å². The van der Waals surface area contributed by atoms with E-state index in [1.165, 1.54) is 5.56 Å². The number of benzene rings is 2. The summed E-state index contributed by atoms with van der Waals surface area (Å²) in [5, 5.41) is 5.46. The maximum Gasteiger partial charge on any atom is 0.313 e. The van der Waals surface area contributed by atoms with Gasteiger partial charge < -0.3 is 20.3 Å². The number of ether oxygens (including phenoxy) is 1. The van der Waals surface area contributed by atoms with Crippen molar-refractivity contribution in [1.29, 1.82) is 0 Å². The molecule has 0 aromatic heterocycles. The number of nitrogens with one attached hydrogen (secondary N) is 2. The van der Waals surface area contributed by atoms with E-state index in [0.29, 0.717) is 38.4 Å². The van der Waals surface area contributed by atoms with Crippen molar-refractivity contribution < 1.29 is 19.1 Å². The van der Waals surface area contributed by atoms with E-state index in [-0.39, 0.29) is 11.9 Å². The molecule has 1 unspecified atom stereocenters. The van der Waals surface area contributed by atoms with Gasteiger partial charge in [0, 0.05) is 44.0 Å². The van der Waals surface area contributed by atoms with E-state index in [1.54, 1.807) is 23.1 Å².